The lowest BCUT2D eigenvalue weighted by molar-refractivity contribution is -0.121. The van der Waals surface area contributed by atoms with Crippen molar-refractivity contribution >= 4 is 15.9 Å². The molecule has 1 amide bonds. The highest BCUT2D eigenvalue weighted by atomic mass is 32.2. The number of carbonyl (C=O) groups excluding carboxylic acids is 1. The standard InChI is InChI=1S/C16H26N4O3S/c1-11-7-5-6-8-14(11)9-17-15(21)10-20(4)24(22,23)16-12(2)18-19-13(16)3/h5-8,12-13,16,18-19H,9-10H2,1-4H3,(H,17,21). The molecule has 1 aromatic carbocycles. The van der Waals surface area contributed by atoms with Crippen molar-refractivity contribution in [2.24, 2.45) is 0 Å². The highest BCUT2D eigenvalue weighted by Crippen LogP contribution is 2.18. The molecule has 0 radical (unpaired) electrons. The molecule has 2 rings (SSSR count). The van der Waals surface area contributed by atoms with Gasteiger partial charge in [-0.05, 0) is 31.9 Å². The number of benzene rings is 1. The molecule has 0 aliphatic carbocycles. The zero-order valence-corrected chi connectivity index (χ0v) is 15.4. The van der Waals surface area contributed by atoms with Gasteiger partial charge in [-0.3, -0.25) is 15.6 Å². The zero-order chi connectivity index (χ0) is 17.9. The number of aryl methyl sites for hydroxylation is 1. The van der Waals surface area contributed by atoms with E-state index in [0.717, 1.165) is 15.4 Å². The fourth-order valence-corrected chi connectivity index (χ4v) is 4.81. The van der Waals surface area contributed by atoms with Crippen molar-refractivity contribution < 1.29 is 13.2 Å². The van der Waals surface area contributed by atoms with Crippen LogP contribution in [0.2, 0.25) is 0 Å². The molecule has 1 heterocycles. The Kier molecular flexibility index (Phi) is 5.97. The quantitative estimate of drug-likeness (QED) is 0.675. The van der Waals surface area contributed by atoms with Gasteiger partial charge in [0.1, 0.15) is 5.25 Å². The lowest BCUT2D eigenvalue weighted by atomic mass is 10.1. The molecule has 134 valence electrons. The molecule has 2 unspecified atom stereocenters. The molecule has 24 heavy (non-hydrogen) atoms. The summed E-state index contributed by atoms with van der Waals surface area (Å²) in [4.78, 5) is 12.1. The van der Waals surface area contributed by atoms with Gasteiger partial charge >= 0.3 is 0 Å². The first-order chi connectivity index (χ1) is 11.2. The maximum Gasteiger partial charge on any atom is 0.235 e. The first-order valence-electron chi connectivity index (χ1n) is 8.01. The molecule has 0 bridgehead atoms. The van der Waals surface area contributed by atoms with Gasteiger partial charge in [0.05, 0.1) is 6.54 Å². The summed E-state index contributed by atoms with van der Waals surface area (Å²) >= 11 is 0. The lowest BCUT2D eigenvalue weighted by Crippen LogP contribution is -2.48. The average Bonchev–Trinajstić information content (AvgIpc) is 2.86. The first kappa shape index (κ1) is 18.9. The number of sulfonamides is 1. The molecule has 0 aromatic heterocycles. The maximum absolute atomic E-state index is 12.7. The minimum Gasteiger partial charge on any atom is -0.351 e. The summed E-state index contributed by atoms with van der Waals surface area (Å²) in [5, 5.41) is 2.17. The van der Waals surface area contributed by atoms with Gasteiger partial charge in [0.25, 0.3) is 0 Å². The monoisotopic (exact) mass is 354 g/mol. The molecule has 1 aromatic rings. The largest absolute Gasteiger partial charge is 0.351 e. The Morgan fingerprint density at radius 3 is 2.38 bits per heavy atom. The number of rotatable bonds is 6. The smallest absolute Gasteiger partial charge is 0.235 e. The summed E-state index contributed by atoms with van der Waals surface area (Å²) in [5.74, 6) is -0.316. The van der Waals surface area contributed by atoms with E-state index < -0.39 is 15.3 Å². The third kappa shape index (κ3) is 4.13. The molecule has 0 saturated carbocycles. The van der Waals surface area contributed by atoms with Crippen molar-refractivity contribution in [2.45, 2.75) is 44.6 Å². The third-order valence-corrected chi connectivity index (χ3v) is 6.91. The Labute approximate surface area is 143 Å². The minimum absolute atomic E-state index is 0.190. The number of amides is 1. The van der Waals surface area contributed by atoms with E-state index in [2.05, 4.69) is 16.2 Å². The molecule has 3 N–H and O–H groups in total. The van der Waals surface area contributed by atoms with E-state index in [0.29, 0.717) is 6.54 Å². The summed E-state index contributed by atoms with van der Waals surface area (Å²) in [7, 11) is -2.13. The van der Waals surface area contributed by atoms with Gasteiger partial charge in [-0.25, -0.2) is 8.42 Å². The second-order valence-electron chi connectivity index (χ2n) is 6.33. The van der Waals surface area contributed by atoms with Crippen LogP contribution >= 0.6 is 0 Å². The number of nitrogens with one attached hydrogen (secondary N) is 3. The van der Waals surface area contributed by atoms with Crippen LogP contribution in [0, 0.1) is 6.92 Å². The number of hydrogen-bond donors (Lipinski definition) is 3. The van der Waals surface area contributed by atoms with Gasteiger partial charge in [0, 0.05) is 25.7 Å². The van der Waals surface area contributed by atoms with Crippen molar-refractivity contribution in [3.63, 3.8) is 0 Å². The second kappa shape index (κ2) is 7.60. The predicted molar refractivity (Wildman–Crippen MR) is 93.6 cm³/mol. The fourth-order valence-electron chi connectivity index (χ4n) is 2.93. The van der Waals surface area contributed by atoms with Crippen molar-refractivity contribution in [1.82, 2.24) is 20.5 Å². The van der Waals surface area contributed by atoms with E-state index in [-0.39, 0.29) is 24.5 Å². The van der Waals surface area contributed by atoms with Crippen LogP contribution in [0.3, 0.4) is 0 Å². The predicted octanol–water partition coefficient (Wildman–Crippen LogP) is 0.126. The second-order valence-corrected chi connectivity index (χ2v) is 8.53. The SMILES string of the molecule is Cc1ccccc1CNC(=O)CN(C)S(=O)(=O)C1C(C)NNC1C. The number of carbonyl (C=O) groups is 1. The van der Waals surface area contributed by atoms with E-state index in [9.17, 15) is 13.2 Å². The van der Waals surface area contributed by atoms with Gasteiger partial charge in [-0.15, -0.1) is 0 Å². The Morgan fingerprint density at radius 2 is 1.79 bits per heavy atom. The van der Waals surface area contributed by atoms with Crippen LogP contribution in [0.25, 0.3) is 0 Å². The highest BCUT2D eigenvalue weighted by Gasteiger charge is 2.42. The molecule has 1 fully saturated rings. The van der Waals surface area contributed by atoms with Crippen LogP contribution in [0.4, 0.5) is 0 Å². The van der Waals surface area contributed by atoms with Gasteiger partial charge in [0.15, 0.2) is 0 Å². The third-order valence-electron chi connectivity index (χ3n) is 4.41. The minimum atomic E-state index is -3.58. The Bertz CT molecular complexity index is 682. The topological polar surface area (TPSA) is 90.5 Å². The van der Waals surface area contributed by atoms with E-state index in [1.54, 1.807) is 0 Å². The number of likely N-dealkylation sites (N-methyl/N-ethyl adjacent to an activating group) is 1. The molecule has 8 heteroatoms. The Balaban J connectivity index is 1.94. The van der Waals surface area contributed by atoms with Crippen molar-refractivity contribution in [3.8, 4) is 0 Å². The summed E-state index contributed by atoms with van der Waals surface area (Å²) in [6.45, 7) is 5.79. The first-order valence-corrected chi connectivity index (χ1v) is 9.51. The lowest BCUT2D eigenvalue weighted by Gasteiger charge is -2.25. The summed E-state index contributed by atoms with van der Waals surface area (Å²) < 4.78 is 26.5. The maximum atomic E-state index is 12.7. The number of hydrogen-bond acceptors (Lipinski definition) is 5. The molecule has 1 aliphatic heterocycles. The summed E-state index contributed by atoms with van der Waals surface area (Å²) in [6.07, 6.45) is 0. The zero-order valence-electron chi connectivity index (χ0n) is 14.5. The average molecular weight is 354 g/mol. The van der Waals surface area contributed by atoms with Gasteiger partial charge in [-0.1, -0.05) is 24.3 Å². The van der Waals surface area contributed by atoms with Crippen LogP contribution in [-0.2, 0) is 21.4 Å². The van der Waals surface area contributed by atoms with Crippen LogP contribution in [0.1, 0.15) is 25.0 Å². The molecule has 0 spiro atoms. The highest BCUT2D eigenvalue weighted by molar-refractivity contribution is 7.89. The van der Waals surface area contributed by atoms with Crippen LogP contribution < -0.4 is 16.2 Å². The van der Waals surface area contributed by atoms with Gasteiger partial charge in [0.2, 0.25) is 15.9 Å². The number of nitrogens with zero attached hydrogens (tertiary/aromatic N) is 1. The Hall–Kier alpha value is -1.48. The molecule has 1 aliphatic rings. The van der Waals surface area contributed by atoms with E-state index >= 15 is 0 Å². The summed E-state index contributed by atoms with van der Waals surface area (Å²) in [5.41, 5.74) is 7.96. The van der Waals surface area contributed by atoms with E-state index in [4.69, 9.17) is 0 Å². The Morgan fingerprint density at radius 1 is 1.21 bits per heavy atom. The van der Waals surface area contributed by atoms with Gasteiger partial charge in [-0.2, -0.15) is 4.31 Å². The van der Waals surface area contributed by atoms with Crippen LogP contribution in [0.15, 0.2) is 24.3 Å². The van der Waals surface area contributed by atoms with E-state index in [1.165, 1.54) is 7.05 Å². The summed E-state index contributed by atoms with van der Waals surface area (Å²) in [6, 6.07) is 7.32. The van der Waals surface area contributed by atoms with Crippen molar-refractivity contribution in [1.29, 1.82) is 0 Å². The molecular weight excluding hydrogens is 328 g/mol. The molecule has 1 saturated heterocycles. The number of hydrazine groups is 1. The fraction of sp³-hybridized carbons (Fsp3) is 0.562. The van der Waals surface area contributed by atoms with E-state index in [1.807, 2.05) is 45.0 Å². The van der Waals surface area contributed by atoms with Gasteiger partial charge < -0.3 is 5.32 Å². The van der Waals surface area contributed by atoms with Crippen molar-refractivity contribution in [2.75, 3.05) is 13.6 Å². The van der Waals surface area contributed by atoms with Crippen LogP contribution in [0.5, 0.6) is 0 Å². The molecule has 2 atom stereocenters. The molecular formula is C16H26N4O3S. The van der Waals surface area contributed by atoms with Crippen LogP contribution in [-0.4, -0.2) is 49.6 Å². The van der Waals surface area contributed by atoms with Crippen molar-refractivity contribution in [3.05, 3.63) is 35.4 Å². The normalized spacial score (nSPS) is 24.3. The molecule has 7 nitrogen and oxygen atoms in total.